The number of rotatable bonds is 4. The van der Waals surface area contributed by atoms with E-state index in [-0.39, 0.29) is 22.3 Å². The van der Waals surface area contributed by atoms with Crippen molar-refractivity contribution in [2.75, 3.05) is 20.1 Å². The Morgan fingerprint density at radius 3 is 2.45 bits per heavy atom. The lowest BCUT2D eigenvalue weighted by Gasteiger charge is -2.23. The molecule has 3 N–H and O–H groups in total. The molecule has 1 saturated heterocycles. The van der Waals surface area contributed by atoms with Crippen LogP contribution in [0.4, 0.5) is 0 Å². The van der Waals surface area contributed by atoms with Crippen molar-refractivity contribution in [2.45, 2.75) is 30.2 Å². The van der Waals surface area contributed by atoms with Gasteiger partial charge < -0.3 is 10.6 Å². The minimum atomic E-state index is -3.52. The molecule has 22 heavy (non-hydrogen) atoms. The zero-order chi connectivity index (χ0) is 15.8. The van der Waals surface area contributed by atoms with E-state index in [2.05, 4.69) is 15.4 Å². The van der Waals surface area contributed by atoms with Crippen molar-refractivity contribution in [1.29, 1.82) is 0 Å². The van der Waals surface area contributed by atoms with Crippen molar-refractivity contribution in [3.05, 3.63) is 29.8 Å². The average Bonchev–Trinajstić information content (AvgIpc) is 3.17. The largest absolute Gasteiger partial charge is 0.355 e. The molecule has 0 aromatic heterocycles. The molecule has 1 unspecified atom stereocenters. The molecular formula is C15H21N3O3S. The van der Waals surface area contributed by atoms with E-state index in [1.54, 1.807) is 7.05 Å². The van der Waals surface area contributed by atoms with Gasteiger partial charge in [-0.3, -0.25) is 4.79 Å². The third-order valence-corrected chi connectivity index (χ3v) is 6.23. The van der Waals surface area contributed by atoms with Gasteiger partial charge in [0.2, 0.25) is 10.0 Å². The Morgan fingerprint density at radius 1 is 1.23 bits per heavy atom. The molecule has 6 nitrogen and oxygen atoms in total. The number of hydrogen-bond acceptors (Lipinski definition) is 4. The van der Waals surface area contributed by atoms with E-state index in [4.69, 9.17) is 0 Å². The fraction of sp³-hybridized carbons (Fsp3) is 0.533. The Morgan fingerprint density at radius 2 is 1.86 bits per heavy atom. The highest BCUT2D eigenvalue weighted by atomic mass is 32.2. The lowest BCUT2D eigenvalue weighted by Crippen LogP contribution is -2.36. The minimum absolute atomic E-state index is 0.0400. The van der Waals surface area contributed by atoms with Crippen molar-refractivity contribution in [3.8, 4) is 0 Å². The molecule has 3 rings (SSSR count). The monoisotopic (exact) mass is 323 g/mol. The first-order valence-electron chi connectivity index (χ1n) is 7.52. The van der Waals surface area contributed by atoms with Crippen LogP contribution in [0.25, 0.3) is 0 Å². The molecule has 1 spiro atoms. The molecular weight excluding hydrogens is 302 g/mol. The smallest absolute Gasteiger partial charge is 0.251 e. The van der Waals surface area contributed by atoms with E-state index < -0.39 is 10.0 Å². The number of piperidine rings is 1. The van der Waals surface area contributed by atoms with Crippen LogP contribution in [0.2, 0.25) is 0 Å². The van der Waals surface area contributed by atoms with Crippen molar-refractivity contribution in [3.63, 3.8) is 0 Å². The molecule has 1 amide bonds. The molecule has 2 fully saturated rings. The second kappa shape index (κ2) is 5.64. The summed E-state index contributed by atoms with van der Waals surface area (Å²) in [6.07, 6.45) is 2.97. The highest BCUT2D eigenvalue weighted by molar-refractivity contribution is 7.89. The van der Waals surface area contributed by atoms with Crippen molar-refractivity contribution in [2.24, 2.45) is 5.41 Å². The van der Waals surface area contributed by atoms with Gasteiger partial charge in [-0.05, 0) is 62.0 Å². The maximum absolute atomic E-state index is 12.4. The summed E-state index contributed by atoms with van der Waals surface area (Å²) in [4.78, 5) is 11.7. The number of carbonyl (C=O) groups excluding carboxylic acids is 1. The molecule has 1 aliphatic heterocycles. The molecule has 0 bridgehead atoms. The molecule has 1 aromatic carbocycles. The maximum atomic E-state index is 12.4. The van der Waals surface area contributed by atoms with E-state index in [0.29, 0.717) is 5.56 Å². The first-order valence-corrected chi connectivity index (χ1v) is 9.00. The summed E-state index contributed by atoms with van der Waals surface area (Å²) < 4.78 is 27.7. The standard InChI is InChI=1S/C15H21N3O3S/c1-16-14(19)11-2-4-12(5-3-11)22(20,21)18-13-10-15(13)6-8-17-9-7-15/h2-5,13,17-18H,6-10H2,1H3,(H,16,19). The molecule has 1 saturated carbocycles. The van der Waals surface area contributed by atoms with Crippen molar-refractivity contribution >= 4 is 15.9 Å². The number of amides is 1. The van der Waals surface area contributed by atoms with Gasteiger partial charge >= 0.3 is 0 Å². The number of nitrogens with one attached hydrogen (secondary N) is 3. The van der Waals surface area contributed by atoms with Crippen LogP contribution < -0.4 is 15.4 Å². The lowest BCUT2D eigenvalue weighted by molar-refractivity contribution is 0.0963. The van der Waals surface area contributed by atoms with Crippen LogP contribution in [0, 0.1) is 5.41 Å². The van der Waals surface area contributed by atoms with Crippen LogP contribution in [0.5, 0.6) is 0 Å². The van der Waals surface area contributed by atoms with Gasteiger partial charge in [-0.1, -0.05) is 0 Å². The summed E-state index contributed by atoms with van der Waals surface area (Å²) in [5, 5.41) is 5.81. The lowest BCUT2D eigenvalue weighted by atomic mass is 9.94. The fourth-order valence-electron chi connectivity index (χ4n) is 3.18. The minimum Gasteiger partial charge on any atom is -0.355 e. The van der Waals surface area contributed by atoms with Crippen LogP contribution in [0.15, 0.2) is 29.2 Å². The topological polar surface area (TPSA) is 87.3 Å². The van der Waals surface area contributed by atoms with Gasteiger partial charge in [0.25, 0.3) is 5.91 Å². The first-order chi connectivity index (χ1) is 10.5. The number of hydrogen-bond donors (Lipinski definition) is 3. The predicted molar refractivity (Wildman–Crippen MR) is 83.1 cm³/mol. The van der Waals surface area contributed by atoms with Crippen molar-refractivity contribution in [1.82, 2.24) is 15.4 Å². The summed E-state index contributed by atoms with van der Waals surface area (Å²) in [5.41, 5.74) is 0.600. The number of benzene rings is 1. The number of sulfonamides is 1. The van der Waals surface area contributed by atoms with Crippen LogP contribution >= 0.6 is 0 Å². The first kappa shape index (κ1) is 15.5. The van der Waals surface area contributed by atoms with Gasteiger partial charge in [0, 0.05) is 18.7 Å². The Bertz CT molecular complexity index is 664. The summed E-state index contributed by atoms with van der Waals surface area (Å²) in [6.45, 7) is 1.91. The summed E-state index contributed by atoms with van der Waals surface area (Å²) in [6, 6.07) is 6.05. The summed E-state index contributed by atoms with van der Waals surface area (Å²) in [7, 11) is -1.98. The Labute approximate surface area is 130 Å². The Balaban J connectivity index is 1.70. The van der Waals surface area contributed by atoms with Crippen LogP contribution in [-0.4, -0.2) is 40.5 Å². The van der Waals surface area contributed by atoms with Crippen LogP contribution in [-0.2, 0) is 10.0 Å². The number of carbonyl (C=O) groups is 1. The highest BCUT2D eigenvalue weighted by Crippen LogP contribution is 2.53. The molecule has 1 atom stereocenters. The Hall–Kier alpha value is -1.44. The second-order valence-electron chi connectivity index (χ2n) is 6.09. The van der Waals surface area contributed by atoms with Crippen molar-refractivity contribution < 1.29 is 13.2 Å². The predicted octanol–water partition coefficient (Wildman–Crippen LogP) is 0.467. The van der Waals surface area contributed by atoms with Crippen LogP contribution in [0.1, 0.15) is 29.6 Å². The van der Waals surface area contributed by atoms with E-state index in [0.717, 1.165) is 32.4 Å². The molecule has 120 valence electrons. The highest BCUT2D eigenvalue weighted by Gasteiger charge is 2.55. The van der Waals surface area contributed by atoms with Gasteiger partial charge in [0.1, 0.15) is 0 Å². The van der Waals surface area contributed by atoms with E-state index in [9.17, 15) is 13.2 Å². The van der Waals surface area contributed by atoms with Gasteiger partial charge in [-0.2, -0.15) is 0 Å². The summed E-state index contributed by atoms with van der Waals surface area (Å²) in [5.74, 6) is -0.229. The van der Waals surface area contributed by atoms with Crippen LogP contribution in [0.3, 0.4) is 0 Å². The zero-order valence-corrected chi connectivity index (χ0v) is 13.4. The molecule has 1 heterocycles. The molecule has 1 aromatic rings. The van der Waals surface area contributed by atoms with E-state index in [1.165, 1.54) is 24.3 Å². The third-order valence-electron chi connectivity index (χ3n) is 4.74. The van der Waals surface area contributed by atoms with Gasteiger partial charge in [-0.15, -0.1) is 0 Å². The maximum Gasteiger partial charge on any atom is 0.251 e. The molecule has 1 aliphatic carbocycles. The quantitative estimate of drug-likeness (QED) is 0.751. The van der Waals surface area contributed by atoms with E-state index >= 15 is 0 Å². The third kappa shape index (κ3) is 2.88. The second-order valence-corrected chi connectivity index (χ2v) is 7.81. The molecule has 0 radical (unpaired) electrons. The van der Waals surface area contributed by atoms with E-state index in [1.807, 2.05) is 0 Å². The SMILES string of the molecule is CNC(=O)c1ccc(S(=O)(=O)NC2CC23CCNCC3)cc1. The summed E-state index contributed by atoms with van der Waals surface area (Å²) >= 11 is 0. The van der Waals surface area contributed by atoms with Gasteiger partial charge in [0.05, 0.1) is 4.90 Å². The average molecular weight is 323 g/mol. The van der Waals surface area contributed by atoms with Gasteiger partial charge in [-0.25, -0.2) is 13.1 Å². The Kier molecular flexibility index (Phi) is 3.96. The fourth-order valence-corrected chi connectivity index (χ4v) is 4.52. The normalized spacial score (nSPS) is 23.2. The van der Waals surface area contributed by atoms with Gasteiger partial charge in [0.15, 0.2) is 0 Å². The molecule has 2 aliphatic rings. The molecule has 7 heteroatoms. The zero-order valence-electron chi connectivity index (χ0n) is 12.6.